The Kier molecular flexibility index (Phi) is 6.47. The second kappa shape index (κ2) is 7.90. The minimum Gasteiger partial charge on any atom is -0.382 e. The summed E-state index contributed by atoms with van der Waals surface area (Å²) in [6.07, 6.45) is -0.550. The number of benzene rings is 1. The van der Waals surface area contributed by atoms with E-state index in [1.807, 2.05) is 18.4 Å². The lowest BCUT2D eigenvalue weighted by Crippen LogP contribution is -2.13. The number of nitrogens with one attached hydrogen (secondary N) is 1. The van der Waals surface area contributed by atoms with E-state index in [9.17, 15) is 8.78 Å². The quantitative estimate of drug-likeness (QED) is 0.612. The number of nitriles is 1. The van der Waals surface area contributed by atoms with Crippen LogP contribution in [0.1, 0.15) is 5.56 Å². The number of nitrogens with zero attached hydrogens (tertiary/aromatic N) is 1. The summed E-state index contributed by atoms with van der Waals surface area (Å²) in [6, 6.07) is 7.62. The van der Waals surface area contributed by atoms with Crippen LogP contribution in [-0.2, 0) is 4.74 Å². The standard InChI is InChI=1S/C12H14F2N2OS/c1-18-11-4-2-3-10(9(11)7-15)16-5-6-17-8-12(13)14/h2-4,12,16H,5-6,8H2,1H3. The number of anilines is 1. The molecular weight excluding hydrogens is 258 g/mol. The predicted octanol–water partition coefficient (Wildman–Crippen LogP) is 2.97. The highest BCUT2D eigenvalue weighted by atomic mass is 32.2. The average molecular weight is 272 g/mol. The molecule has 0 heterocycles. The summed E-state index contributed by atoms with van der Waals surface area (Å²) < 4.78 is 28.4. The first-order chi connectivity index (χ1) is 8.69. The Bertz CT molecular complexity index is 421. The van der Waals surface area contributed by atoms with E-state index >= 15 is 0 Å². The largest absolute Gasteiger partial charge is 0.382 e. The number of rotatable bonds is 7. The van der Waals surface area contributed by atoms with Crippen LogP contribution in [0.15, 0.2) is 23.1 Å². The van der Waals surface area contributed by atoms with E-state index in [1.165, 1.54) is 11.8 Å². The van der Waals surface area contributed by atoms with Crippen LogP contribution in [0.4, 0.5) is 14.5 Å². The summed E-state index contributed by atoms with van der Waals surface area (Å²) in [6.45, 7) is 0.00950. The average Bonchev–Trinajstić information content (AvgIpc) is 2.37. The van der Waals surface area contributed by atoms with Crippen molar-refractivity contribution in [1.29, 1.82) is 5.26 Å². The van der Waals surface area contributed by atoms with Gasteiger partial charge >= 0.3 is 0 Å². The van der Waals surface area contributed by atoms with Crippen molar-refractivity contribution < 1.29 is 13.5 Å². The molecule has 0 unspecified atom stereocenters. The van der Waals surface area contributed by atoms with Crippen molar-refractivity contribution in [3.05, 3.63) is 23.8 Å². The molecule has 0 fully saturated rings. The fraction of sp³-hybridized carbons (Fsp3) is 0.417. The zero-order chi connectivity index (χ0) is 13.4. The van der Waals surface area contributed by atoms with Gasteiger partial charge in [-0.25, -0.2) is 8.78 Å². The Hall–Kier alpha value is -1.32. The summed E-state index contributed by atoms with van der Waals surface area (Å²) >= 11 is 1.49. The smallest absolute Gasteiger partial charge is 0.261 e. The third kappa shape index (κ3) is 4.51. The van der Waals surface area contributed by atoms with Crippen molar-refractivity contribution >= 4 is 17.4 Å². The fourth-order valence-electron chi connectivity index (χ4n) is 1.39. The van der Waals surface area contributed by atoms with E-state index in [4.69, 9.17) is 10.00 Å². The van der Waals surface area contributed by atoms with Gasteiger partial charge in [0.2, 0.25) is 0 Å². The molecule has 0 atom stereocenters. The monoisotopic (exact) mass is 272 g/mol. The fourth-order valence-corrected chi connectivity index (χ4v) is 1.97. The minimum atomic E-state index is -2.44. The molecule has 0 saturated heterocycles. The number of thioether (sulfide) groups is 1. The summed E-state index contributed by atoms with van der Waals surface area (Å²) in [7, 11) is 0. The second-order valence-corrected chi connectivity index (χ2v) is 4.24. The normalized spacial score (nSPS) is 10.4. The third-order valence-electron chi connectivity index (χ3n) is 2.16. The maximum atomic E-state index is 11.8. The predicted molar refractivity (Wildman–Crippen MR) is 68.3 cm³/mol. The molecule has 98 valence electrons. The van der Waals surface area contributed by atoms with Gasteiger partial charge in [0.1, 0.15) is 12.7 Å². The first kappa shape index (κ1) is 14.7. The van der Waals surface area contributed by atoms with Gasteiger partial charge in [-0.05, 0) is 18.4 Å². The lowest BCUT2D eigenvalue weighted by molar-refractivity contribution is 0.0215. The van der Waals surface area contributed by atoms with E-state index in [0.29, 0.717) is 17.8 Å². The van der Waals surface area contributed by atoms with Gasteiger partial charge in [-0.15, -0.1) is 11.8 Å². The molecule has 0 radical (unpaired) electrons. The Labute approximate surface area is 109 Å². The lowest BCUT2D eigenvalue weighted by Gasteiger charge is -2.10. The molecule has 1 rings (SSSR count). The molecule has 6 heteroatoms. The zero-order valence-electron chi connectivity index (χ0n) is 9.95. The van der Waals surface area contributed by atoms with E-state index in [2.05, 4.69) is 11.4 Å². The first-order valence-electron chi connectivity index (χ1n) is 5.36. The molecule has 0 aliphatic heterocycles. The summed E-state index contributed by atoms with van der Waals surface area (Å²) in [5.74, 6) is 0. The molecule has 18 heavy (non-hydrogen) atoms. The van der Waals surface area contributed by atoms with Gasteiger partial charge in [-0.2, -0.15) is 5.26 Å². The maximum Gasteiger partial charge on any atom is 0.261 e. The summed E-state index contributed by atoms with van der Waals surface area (Å²) in [5, 5.41) is 12.1. The van der Waals surface area contributed by atoms with Crippen LogP contribution in [-0.4, -0.2) is 32.4 Å². The van der Waals surface area contributed by atoms with Crippen molar-refractivity contribution in [1.82, 2.24) is 0 Å². The molecule has 0 amide bonds. The van der Waals surface area contributed by atoms with Gasteiger partial charge in [0.15, 0.2) is 0 Å². The number of hydrogen-bond acceptors (Lipinski definition) is 4. The number of hydrogen-bond donors (Lipinski definition) is 1. The van der Waals surface area contributed by atoms with Crippen molar-refractivity contribution in [2.24, 2.45) is 0 Å². The molecule has 0 spiro atoms. The number of alkyl halides is 2. The highest BCUT2D eigenvalue weighted by Gasteiger charge is 2.06. The van der Waals surface area contributed by atoms with Crippen LogP contribution in [0.5, 0.6) is 0 Å². The van der Waals surface area contributed by atoms with Crippen LogP contribution >= 0.6 is 11.8 Å². The highest BCUT2D eigenvalue weighted by Crippen LogP contribution is 2.25. The minimum absolute atomic E-state index is 0.179. The molecule has 0 bridgehead atoms. The highest BCUT2D eigenvalue weighted by molar-refractivity contribution is 7.98. The van der Waals surface area contributed by atoms with Crippen LogP contribution in [0.3, 0.4) is 0 Å². The van der Waals surface area contributed by atoms with E-state index in [1.54, 1.807) is 6.07 Å². The Morgan fingerprint density at radius 1 is 1.50 bits per heavy atom. The van der Waals surface area contributed by atoms with Gasteiger partial charge in [-0.1, -0.05) is 6.07 Å². The maximum absolute atomic E-state index is 11.8. The van der Waals surface area contributed by atoms with Gasteiger partial charge in [0.05, 0.1) is 17.9 Å². The first-order valence-corrected chi connectivity index (χ1v) is 6.58. The van der Waals surface area contributed by atoms with Gasteiger partial charge < -0.3 is 10.1 Å². The van der Waals surface area contributed by atoms with E-state index in [-0.39, 0.29) is 6.61 Å². The van der Waals surface area contributed by atoms with Crippen LogP contribution in [0.2, 0.25) is 0 Å². The summed E-state index contributed by atoms with van der Waals surface area (Å²) in [4.78, 5) is 0.885. The molecule has 1 aromatic rings. The topological polar surface area (TPSA) is 45.0 Å². The van der Waals surface area contributed by atoms with Crippen molar-refractivity contribution in [3.63, 3.8) is 0 Å². The molecule has 1 N–H and O–H groups in total. The zero-order valence-corrected chi connectivity index (χ0v) is 10.8. The SMILES string of the molecule is CSc1cccc(NCCOCC(F)F)c1C#N. The Morgan fingerprint density at radius 3 is 2.89 bits per heavy atom. The third-order valence-corrected chi connectivity index (χ3v) is 2.94. The molecule has 3 nitrogen and oxygen atoms in total. The number of ether oxygens (including phenoxy) is 1. The van der Waals surface area contributed by atoms with E-state index in [0.717, 1.165) is 4.90 Å². The number of halogens is 2. The Balaban J connectivity index is 2.50. The lowest BCUT2D eigenvalue weighted by atomic mass is 10.2. The molecule has 0 saturated carbocycles. The van der Waals surface area contributed by atoms with Crippen LogP contribution < -0.4 is 5.32 Å². The molecule has 0 aliphatic rings. The molecular formula is C12H14F2N2OS. The van der Waals surface area contributed by atoms with Crippen LogP contribution in [0.25, 0.3) is 0 Å². The van der Waals surface area contributed by atoms with E-state index < -0.39 is 13.0 Å². The molecule has 1 aromatic carbocycles. The van der Waals surface area contributed by atoms with Crippen molar-refractivity contribution in [2.45, 2.75) is 11.3 Å². The Morgan fingerprint density at radius 2 is 2.28 bits per heavy atom. The molecule has 0 aromatic heterocycles. The van der Waals surface area contributed by atoms with Gasteiger partial charge in [0, 0.05) is 11.4 Å². The second-order valence-electron chi connectivity index (χ2n) is 3.39. The van der Waals surface area contributed by atoms with Gasteiger partial charge in [0.25, 0.3) is 6.43 Å². The van der Waals surface area contributed by atoms with Gasteiger partial charge in [-0.3, -0.25) is 0 Å². The van der Waals surface area contributed by atoms with Crippen molar-refractivity contribution in [2.75, 3.05) is 31.3 Å². The summed E-state index contributed by atoms with van der Waals surface area (Å²) in [5.41, 5.74) is 1.27. The van der Waals surface area contributed by atoms with Crippen molar-refractivity contribution in [3.8, 4) is 6.07 Å². The molecule has 0 aliphatic carbocycles. The van der Waals surface area contributed by atoms with Crippen LogP contribution in [0, 0.1) is 11.3 Å².